The van der Waals surface area contributed by atoms with E-state index in [1.807, 2.05) is 0 Å². The van der Waals surface area contributed by atoms with Crippen LogP contribution in [0.3, 0.4) is 0 Å². The van der Waals surface area contributed by atoms with Crippen molar-refractivity contribution in [3.8, 4) is 0 Å². The lowest BCUT2D eigenvalue weighted by molar-refractivity contribution is -0.156. The first-order valence-electron chi connectivity index (χ1n) is 8.14. The molecule has 1 aliphatic carbocycles. The third-order valence-electron chi connectivity index (χ3n) is 4.55. The number of carbonyl (C=O) groups is 1. The van der Waals surface area contributed by atoms with Crippen molar-refractivity contribution in [1.82, 2.24) is 10.2 Å². The Morgan fingerprint density at radius 2 is 1.96 bits per heavy atom. The maximum absolute atomic E-state index is 13.1. The summed E-state index contributed by atoms with van der Waals surface area (Å²) in [5, 5.41) is 13.6. The van der Waals surface area contributed by atoms with Gasteiger partial charge >= 0.3 is 0 Å². The number of nitrogens with zero attached hydrogens (tertiary/aromatic N) is 1. The molecule has 6 heteroatoms. The summed E-state index contributed by atoms with van der Waals surface area (Å²) in [5.41, 5.74) is -0.969. The Kier molecular flexibility index (Phi) is 4.64. The van der Waals surface area contributed by atoms with E-state index in [0.717, 1.165) is 31.9 Å². The minimum absolute atomic E-state index is 0.0884. The summed E-state index contributed by atoms with van der Waals surface area (Å²) < 4.78 is 26.3. The number of hydrogen-bond acceptors (Lipinski definition) is 3. The molecule has 1 saturated carbocycles. The topological polar surface area (TPSA) is 52.6 Å². The van der Waals surface area contributed by atoms with Crippen LogP contribution < -0.4 is 5.32 Å². The molecule has 1 aliphatic heterocycles. The fourth-order valence-electron chi connectivity index (χ4n) is 3.14. The van der Waals surface area contributed by atoms with E-state index in [2.05, 4.69) is 5.32 Å². The van der Waals surface area contributed by atoms with Gasteiger partial charge in [0, 0.05) is 32.2 Å². The molecule has 0 radical (unpaired) electrons. The molecule has 3 rings (SSSR count). The highest BCUT2D eigenvalue weighted by Gasteiger charge is 2.43. The Morgan fingerprint density at radius 3 is 2.61 bits per heavy atom. The van der Waals surface area contributed by atoms with E-state index < -0.39 is 17.2 Å². The van der Waals surface area contributed by atoms with Crippen molar-refractivity contribution in [2.24, 2.45) is 5.92 Å². The number of rotatable bonds is 6. The number of benzene rings is 1. The minimum atomic E-state index is -1.42. The van der Waals surface area contributed by atoms with Crippen LogP contribution in [0.25, 0.3) is 0 Å². The van der Waals surface area contributed by atoms with Crippen molar-refractivity contribution < 1.29 is 18.7 Å². The summed E-state index contributed by atoms with van der Waals surface area (Å²) in [4.78, 5) is 14.2. The second-order valence-corrected chi connectivity index (χ2v) is 6.71. The van der Waals surface area contributed by atoms with E-state index in [1.165, 1.54) is 12.1 Å². The largest absolute Gasteiger partial charge is 0.379 e. The second kappa shape index (κ2) is 6.53. The van der Waals surface area contributed by atoms with Gasteiger partial charge in [-0.2, -0.15) is 0 Å². The van der Waals surface area contributed by atoms with Gasteiger partial charge in [-0.25, -0.2) is 8.78 Å². The van der Waals surface area contributed by atoms with Gasteiger partial charge in [0.1, 0.15) is 11.6 Å². The Bertz CT molecular complexity index is 572. The van der Waals surface area contributed by atoms with E-state index in [4.69, 9.17) is 0 Å². The van der Waals surface area contributed by atoms with Crippen molar-refractivity contribution in [3.63, 3.8) is 0 Å². The first-order valence-corrected chi connectivity index (χ1v) is 8.14. The highest BCUT2D eigenvalue weighted by Crippen LogP contribution is 2.32. The third kappa shape index (κ3) is 4.06. The maximum atomic E-state index is 13.1. The molecule has 1 atom stereocenters. The van der Waals surface area contributed by atoms with Crippen molar-refractivity contribution in [3.05, 3.63) is 35.4 Å². The number of nitrogens with one attached hydrogen (secondary N) is 1. The van der Waals surface area contributed by atoms with Crippen LogP contribution in [0.4, 0.5) is 8.78 Å². The fourth-order valence-corrected chi connectivity index (χ4v) is 3.14. The predicted molar refractivity (Wildman–Crippen MR) is 81.6 cm³/mol. The molecule has 2 fully saturated rings. The van der Waals surface area contributed by atoms with E-state index in [0.29, 0.717) is 24.4 Å². The summed E-state index contributed by atoms with van der Waals surface area (Å²) in [5.74, 6) is -0.909. The van der Waals surface area contributed by atoms with E-state index >= 15 is 0 Å². The molecule has 0 spiro atoms. The smallest absolute Gasteiger partial charge is 0.255 e. The summed E-state index contributed by atoms with van der Waals surface area (Å²) >= 11 is 0. The van der Waals surface area contributed by atoms with Crippen molar-refractivity contribution >= 4 is 5.91 Å². The highest BCUT2D eigenvalue weighted by molar-refractivity contribution is 5.86. The van der Waals surface area contributed by atoms with Crippen molar-refractivity contribution in [1.29, 1.82) is 0 Å². The number of hydrogen-bond donors (Lipinski definition) is 2. The monoisotopic (exact) mass is 324 g/mol. The first-order chi connectivity index (χ1) is 11.0. The summed E-state index contributed by atoms with van der Waals surface area (Å²) in [7, 11) is 0. The molecular formula is C17H22F2N2O2. The Labute approximate surface area is 134 Å². The number of likely N-dealkylation sites (tertiary alicyclic amines) is 1. The van der Waals surface area contributed by atoms with Gasteiger partial charge in [0.05, 0.1) is 0 Å². The first kappa shape index (κ1) is 16.3. The molecule has 1 aromatic carbocycles. The van der Waals surface area contributed by atoms with Gasteiger partial charge in [0.2, 0.25) is 0 Å². The van der Waals surface area contributed by atoms with Crippen LogP contribution in [0.5, 0.6) is 0 Å². The van der Waals surface area contributed by atoms with Gasteiger partial charge in [0.15, 0.2) is 5.60 Å². The van der Waals surface area contributed by atoms with Crippen LogP contribution in [0.2, 0.25) is 0 Å². The molecule has 2 aliphatic rings. The lowest BCUT2D eigenvalue weighted by Crippen LogP contribution is -2.58. The number of piperidine rings is 1. The van der Waals surface area contributed by atoms with Gasteiger partial charge in [-0.15, -0.1) is 0 Å². The van der Waals surface area contributed by atoms with Crippen molar-refractivity contribution in [2.75, 3.05) is 19.6 Å². The van der Waals surface area contributed by atoms with E-state index in [-0.39, 0.29) is 19.0 Å². The Hall–Kier alpha value is -1.53. The van der Waals surface area contributed by atoms with E-state index in [1.54, 1.807) is 4.90 Å². The fraction of sp³-hybridized carbons (Fsp3) is 0.588. The molecule has 1 heterocycles. The molecule has 1 amide bonds. The number of amides is 1. The van der Waals surface area contributed by atoms with Gasteiger partial charge in [0.25, 0.3) is 5.91 Å². The maximum Gasteiger partial charge on any atom is 0.255 e. The van der Waals surface area contributed by atoms with Gasteiger partial charge in [-0.3, -0.25) is 4.79 Å². The zero-order valence-electron chi connectivity index (χ0n) is 13.0. The normalized spacial score (nSPS) is 25.0. The highest BCUT2D eigenvalue weighted by atomic mass is 19.1. The molecule has 23 heavy (non-hydrogen) atoms. The molecule has 0 unspecified atom stereocenters. The van der Waals surface area contributed by atoms with Crippen LogP contribution >= 0.6 is 0 Å². The molecule has 1 aromatic rings. The third-order valence-corrected chi connectivity index (χ3v) is 4.55. The van der Waals surface area contributed by atoms with Gasteiger partial charge in [-0.1, -0.05) is 0 Å². The van der Waals surface area contributed by atoms with Gasteiger partial charge in [-0.05, 0) is 49.3 Å². The van der Waals surface area contributed by atoms with Crippen LogP contribution in [0, 0.1) is 17.6 Å². The minimum Gasteiger partial charge on any atom is -0.379 e. The zero-order chi connectivity index (χ0) is 16.4. The van der Waals surface area contributed by atoms with Gasteiger partial charge < -0.3 is 15.3 Å². The molecule has 0 aromatic heterocycles. The molecular weight excluding hydrogens is 302 g/mol. The number of carbonyl (C=O) groups excluding carboxylic acids is 1. The van der Waals surface area contributed by atoms with Crippen LogP contribution in [-0.4, -0.2) is 41.1 Å². The number of aliphatic hydroxyl groups is 1. The van der Waals surface area contributed by atoms with Crippen LogP contribution in [0.1, 0.15) is 31.2 Å². The second-order valence-electron chi connectivity index (χ2n) is 6.71. The van der Waals surface area contributed by atoms with Crippen LogP contribution in [-0.2, 0) is 11.3 Å². The van der Waals surface area contributed by atoms with Crippen molar-refractivity contribution in [2.45, 2.75) is 37.8 Å². The molecule has 126 valence electrons. The molecule has 0 bridgehead atoms. The molecule has 4 nitrogen and oxygen atoms in total. The number of halogens is 2. The zero-order valence-corrected chi connectivity index (χ0v) is 13.0. The average Bonchev–Trinajstić information content (AvgIpc) is 3.27. The Morgan fingerprint density at radius 1 is 1.26 bits per heavy atom. The summed E-state index contributed by atoms with van der Waals surface area (Å²) in [6.07, 6.45) is 3.50. The quantitative estimate of drug-likeness (QED) is 0.839. The predicted octanol–water partition coefficient (Wildman–Crippen LogP) is 1.82. The average molecular weight is 324 g/mol. The van der Waals surface area contributed by atoms with E-state index in [9.17, 15) is 18.7 Å². The lowest BCUT2D eigenvalue weighted by atomic mass is 9.91. The molecule has 2 N–H and O–H groups in total. The Balaban J connectivity index is 1.56. The SMILES string of the molecule is O=C1N(CC2CC2)CCC[C@@]1(O)CNCc1cc(F)cc(F)c1. The lowest BCUT2D eigenvalue weighted by Gasteiger charge is -2.38. The summed E-state index contributed by atoms with van der Waals surface area (Å²) in [6, 6.07) is 3.29. The standard InChI is InChI=1S/C17H22F2N2O2/c18-14-6-13(7-15(19)8-14)9-20-11-17(23)4-1-5-21(16(17)22)10-12-2-3-12/h6-8,12,20,23H,1-5,9-11H2/t17-/m1/s1. The summed E-state index contributed by atoms with van der Waals surface area (Å²) in [6.45, 7) is 1.72. The van der Waals surface area contributed by atoms with Crippen LogP contribution in [0.15, 0.2) is 18.2 Å². The molecule has 1 saturated heterocycles.